The Bertz CT molecular complexity index is 1520. The Labute approximate surface area is 268 Å². The Morgan fingerprint density at radius 1 is 0.848 bits per heavy atom. The van der Waals surface area contributed by atoms with Crippen LogP contribution >= 0.6 is 0 Å². The maximum atomic E-state index is 14.5. The molecule has 246 valence electrons. The summed E-state index contributed by atoms with van der Waals surface area (Å²) < 4.78 is 17.6. The van der Waals surface area contributed by atoms with Gasteiger partial charge in [-0.1, -0.05) is 63.2 Å². The minimum atomic E-state index is -2.47. The van der Waals surface area contributed by atoms with E-state index in [-0.39, 0.29) is 24.0 Å². The van der Waals surface area contributed by atoms with Crippen LogP contribution in [0.3, 0.4) is 0 Å². The number of rotatable bonds is 6. The van der Waals surface area contributed by atoms with Crippen LogP contribution in [0.15, 0.2) is 73.3 Å². The van der Waals surface area contributed by atoms with E-state index in [4.69, 9.17) is 14.2 Å². The summed E-state index contributed by atoms with van der Waals surface area (Å²) in [6.45, 7) is 11.7. The fourth-order valence-corrected chi connectivity index (χ4v) is 8.55. The minimum Gasteiger partial charge on any atom is -0.459 e. The average Bonchev–Trinajstić information content (AvgIpc) is 3.03. The predicted molar refractivity (Wildman–Crippen MR) is 165 cm³/mol. The summed E-state index contributed by atoms with van der Waals surface area (Å²) >= 11 is 0. The van der Waals surface area contributed by atoms with Gasteiger partial charge in [-0.2, -0.15) is 0 Å². The van der Waals surface area contributed by atoms with Crippen LogP contribution < -0.4 is 0 Å². The highest BCUT2D eigenvalue weighted by Crippen LogP contribution is 2.67. The zero-order valence-corrected chi connectivity index (χ0v) is 26.7. The highest BCUT2D eigenvalue weighted by Gasteiger charge is 2.77. The van der Waals surface area contributed by atoms with Crippen molar-refractivity contribution in [3.63, 3.8) is 0 Å². The smallest absolute Gasteiger partial charge is 0.338 e. The van der Waals surface area contributed by atoms with Gasteiger partial charge in [0.25, 0.3) is 0 Å². The fraction of sp³-hybridized carbons (Fsp3) is 0.500. The molecule has 0 aromatic heterocycles. The van der Waals surface area contributed by atoms with Crippen molar-refractivity contribution < 1.29 is 48.7 Å². The number of hydrogen-bond acceptors (Lipinski definition) is 10. The third kappa shape index (κ3) is 5.07. The van der Waals surface area contributed by atoms with E-state index in [0.717, 1.165) is 6.92 Å². The number of aliphatic hydroxyl groups excluding tert-OH is 2. The van der Waals surface area contributed by atoms with E-state index in [1.807, 2.05) is 0 Å². The van der Waals surface area contributed by atoms with Gasteiger partial charge < -0.3 is 29.5 Å². The number of esters is 3. The lowest BCUT2D eigenvalue weighted by molar-refractivity contribution is -0.312. The summed E-state index contributed by atoms with van der Waals surface area (Å²) in [7, 11) is 0. The van der Waals surface area contributed by atoms with Crippen molar-refractivity contribution in [1.29, 1.82) is 0 Å². The molecule has 0 radical (unpaired) electrons. The van der Waals surface area contributed by atoms with E-state index < -0.39 is 87.9 Å². The second-order valence-electron chi connectivity index (χ2n) is 14.0. The molecule has 2 aromatic carbocycles. The van der Waals surface area contributed by atoms with E-state index in [0.29, 0.717) is 0 Å². The lowest BCUT2D eigenvalue weighted by atomic mass is 9.39. The van der Waals surface area contributed by atoms with E-state index >= 15 is 0 Å². The molecule has 2 aromatic rings. The zero-order chi connectivity index (χ0) is 33.8. The van der Waals surface area contributed by atoms with E-state index in [2.05, 4.69) is 6.58 Å². The Morgan fingerprint density at radius 3 is 1.87 bits per heavy atom. The van der Waals surface area contributed by atoms with Crippen molar-refractivity contribution in [1.82, 2.24) is 0 Å². The lowest BCUT2D eigenvalue weighted by Gasteiger charge is -2.68. The molecule has 46 heavy (non-hydrogen) atoms. The fourth-order valence-electron chi connectivity index (χ4n) is 8.55. The number of carbonyl (C=O) groups excluding carboxylic acids is 4. The number of Topliss-reactive ketones (excluding diaryl/α,β-unsaturated/α-hetero) is 1. The molecule has 10 atom stereocenters. The first-order valence-corrected chi connectivity index (χ1v) is 15.5. The summed E-state index contributed by atoms with van der Waals surface area (Å²) in [5, 5.41) is 36.7. The molecule has 0 bridgehead atoms. The Kier molecular flexibility index (Phi) is 8.55. The highest BCUT2D eigenvalue weighted by molar-refractivity contribution is 5.97. The number of ether oxygens (including phenoxy) is 3. The van der Waals surface area contributed by atoms with Crippen molar-refractivity contribution in [2.24, 2.45) is 28.1 Å². The Hall–Kier alpha value is -3.86. The lowest BCUT2D eigenvalue weighted by Crippen LogP contribution is -2.80. The van der Waals surface area contributed by atoms with E-state index in [1.54, 1.807) is 76.2 Å². The van der Waals surface area contributed by atoms with Crippen LogP contribution in [-0.4, -0.2) is 75.1 Å². The number of carbonyl (C=O) groups is 4. The Morgan fingerprint density at radius 2 is 1.37 bits per heavy atom. The quantitative estimate of drug-likeness (QED) is 0.243. The van der Waals surface area contributed by atoms with Gasteiger partial charge in [0.15, 0.2) is 17.5 Å². The first-order valence-electron chi connectivity index (χ1n) is 15.5. The maximum absolute atomic E-state index is 14.5. The number of ketones is 1. The molecular weight excluding hydrogens is 592 g/mol. The molecule has 3 N–H and O–H groups in total. The van der Waals surface area contributed by atoms with Crippen molar-refractivity contribution in [2.75, 3.05) is 0 Å². The second-order valence-corrected chi connectivity index (χ2v) is 14.0. The van der Waals surface area contributed by atoms with Gasteiger partial charge in [-0.25, -0.2) is 9.59 Å². The third-order valence-corrected chi connectivity index (χ3v) is 10.9. The van der Waals surface area contributed by atoms with Gasteiger partial charge in [0.2, 0.25) is 0 Å². The summed E-state index contributed by atoms with van der Waals surface area (Å²) in [6.07, 6.45) is -6.02. The molecule has 0 saturated heterocycles. The standard InChI is InChI=1S/C36H42O10/c1-7-34(5)19-23(45-30(40)21-14-10-8-11-15-21)27-35(6)24(18-25(44-20(2)37)36(27,43)32(34)42)33(3,4)28(38)26(29(35)39)46-31(41)22-16-12-9-13-17-22/h7-17,23-29,38-39,43H,1,18-19H2,2-6H3. The molecule has 10 nitrogen and oxygen atoms in total. The number of aliphatic hydroxyl groups is 3. The SMILES string of the molecule is C=CC1(C)CC(OC(=O)c2ccccc2)C2C(O)(C1=O)C(OC(C)=O)CC1C(C)(C)C(O)C(OC(=O)c3ccccc3)C(O)C12C. The van der Waals surface area contributed by atoms with Gasteiger partial charge in [-0.3, -0.25) is 9.59 Å². The first kappa shape index (κ1) is 33.5. The molecule has 3 fully saturated rings. The summed E-state index contributed by atoms with van der Waals surface area (Å²) in [5.41, 5.74) is -6.12. The first-order chi connectivity index (χ1) is 21.5. The zero-order valence-electron chi connectivity index (χ0n) is 26.7. The van der Waals surface area contributed by atoms with Gasteiger partial charge in [0.05, 0.1) is 28.7 Å². The third-order valence-electron chi connectivity index (χ3n) is 10.9. The molecule has 0 aliphatic heterocycles. The molecule has 0 spiro atoms. The van der Waals surface area contributed by atoms with Crippen LogP contribution in [0.5, 0.6) is 0 Å². The largest absolute Gasteiger partial charge is 0.459 e. The van der Waals surface area contributed by atoms with Crippen molar-refractivity contribution in [2.45, 2.75) is 83.6 Å². The number of allylic oxidation sites excluding steroid dienone is 1. The van der Waals surface area contributed by atoms with Crippen LogP contribution in [0.2, 0.25) is 0 Å². The number of benzene rings is 2. The van der Waals surface area contributed by atoms with Crippen LogP contribution in [0.25, 0.3) is 0 Å². The number of fused-ring (bicyclic) bond motifs is 3. The van der Waals surface area contributed by atoms with Gasteiger partial charge in [0, 0.05) is 24.7 Å². The van der Waals surface area contributed by atoms with E-state index in [9.17, 15) is 34.5 Å². The Balaban J connectivity index is 1.69. The molecule has 3 saturated carbocycles. The molecule has 3 aliphatic carbocycles. The number of hydrogen-bond donors (Lipinski definition) is 3. The van der Waals surface area contributed by atoms with Crippen molar-refractivity contribution in [3.05, 3.63) is 84.4 Å². The average molecular weight is 635 g/mol. The van der Waals surface area contributed by atoms with Crippen LogP contribution in [-0.2, 0) is 23.8 Å². The molecule has 3 aliphatic rings. The summed E-state index contributed by atoms with van der Waals surface area (Å²) in [4.78, 5) is 53.7. The predicted octanol–water partition coefficient (Wildman–Crippen LogP) is 3.67. The molecule has 5 rings (SSSR count). The van der Waals surface area contributed by atoms with Crippen LogP contribution in [0.4, 0.5) is 0 Å². The van der Waals surface area contributed by atoms with Gasteiger partial charge in [-0.15, -0.1) is 6.58 Å². The molecule has 0 amide bonds. The van der Waals surface area contributed by atoms with Gasteiger partial charge in [-0.05, 0) is 48.9 Å². The topological polar surface area (TPSA) is 157 Å². The van der Waals surface area contributed by atoms with Gasteiger partial charge >= 0.3 is 17.9 Å². The van der Waals surface area contributed by atoms with E-state index in [1.165, 1.54) is 18.2 Å². The molecule has 10 heteroatoms. The van der Waals surface area contributed by atoms with Crippen LogP contribution in [0, 0.1) is 28.1 Å². The van der Waals surface area contributed by atoms with Crippen molar-refractivity contribution in [3.8, 4) is 0 Å². The molecular formula is C36H42O10. The van der Waals surface area contributed by atoms with Gasteiger partial charge in [0.1, 0.15) is 12.2 Å². The van der Waals surface area contributed by atoms with Crippen molar-refractivity contribution >= 4 is 23.7 Å². The summed E-state index contributed by atoms with van der Waals surface area (Å²) in [6, 6.07) is 16.3. The maximum Gasteiger partial charge on any atom is 0.338 e. The molecule has 0 heterocycles. The molecule has 10 unspecified atom stereocenters. The summed E-state index contributed by atoms with van der Waals surface area (Å²) in [5.74, 6) is -5.05. The highest BCUT2D eigenvalue weighted by atomic mass is 16.6. The minimum absolute atomic E-state index is 0.0971. The monoisotopic (exact) mass is 634 g/mol. The van der Waals surface area contributed by atoms with Crippen LogP contribution in [0.1, 0.15) is 68.2 Å². The second kappa shape index (κ2) is 11.7. The normalized spacial score (nSPS) is 38.0.